The molecule has 0 radical (unpaired) electrons. The summed E-state index contributed by atoms with van der Waals surface area (Å²) in [4.78, 5) is -0.316. The topological polar surface area (TPSA) is 75.6 Å². The van der Waals surface area contributed by atoms with E-state index in [1.54, 1.807) is 0 Å². The highest BCUT2D eigenvalue weighted by Crippen LogP contribution is 2.24. The van der Waals surface area contributed by atoms with Crippen LogP contribution in [-0.4, -0.2) is 33.0 Å². The number of hydrogen-bond donors (Lipinski definition) is 2. The summed E-state index contributed by atoms with van der Waals surface area (Å²) in [5, 5.41) is 8.56. The van der Waals surface area contributed by atoms with Gasteiger partial charge in [-0.15, -0.1) is 13.2 Å². The van der Waals surface area contributed by atoms with Gasteiger partial charge in [0.1, 0.15) is 5.75 Å². The van der Waals surface area contributed by atoms with Crippen molar-refractivity contribution in [3.05, 3.63) is 24.3 Å². The highest BCUT2D eigenvalue weighted by molar-refractivity contribution is 7.89. The van der Waals surface area contributed by atoms with E-state index in [0.29, 0.717) is 12.8 Å². The molecule has 114 valence electrons. The number of sulfonamides is 1. The molecular weight excluding hydrogens is 299 g/mol. The van der Waals surface area contributed by atoms with Gasteiger partial charge in [0.05, 0.1) is 4.90 Å². The lowest BCUT2D eigenvalue weighted by atomic mass is 10.3. The largest absolute Gasteiger partial charge is 0.573 e. The van der Waals surface area contributed by atoms with E-state index in [1.165, 1.54) is 0 Å². The maximum atomic E-state index is 12.0. The van der Waals surface area contributed by atoms with Gasteiger partial charge in [-0.05, 0) is 25.0 Å². The summed E-state index contributed by atoms with van der Waals surface area (Å²) in [6.45, 7) is 0.0316. The van der Waals surface area contributed by atoms with Crippen molar-refractivity contribution in [2.24, 2.45) is 0 Å². The van der Waals surface area contributed by atoms with Crippen LogP contribution in [0.4, 0.5) is 13.2 Å². The van der Waals surface area contributed by atoms with Gasteiger partial charge in [-0.2, -0.15) is 0 Å². The van der Waals surface area contributed by atoms with Crippen LogP contribution in [-0.2, 0) is 10.0 Å². The third kappa shape index (κ3) is 5.76. The molecule has 2 N–H and O–H groups in total. The summed E-state index contributed by atoms with van der Waals surface area (Å²) in [6, 6.07) is 4.13. The van der Waals surface area contributed by atoms with Gasteiger partial charge >= 0.3 is 6.36 Å². The van der Waals surface area contributed by atoms with Gasteiger partial charge in [0, 0.05) is 19.2 Å². The minimum absolute atomic E-state index is 0.0589. The first kappa shape index (κ1) is 16.7. The average molecular weight is 313 g/mol. The second kappa shape index (κ2) is 6.91. The molecule has 0 aromatic heterocycles. The summed E-state index contributed by atoms with van der Waals surface area (Å²) >= 11 is 0. The van der Waals surface area contributed by atoms with Crippen molar-refractivity contribution in [3.8, 4) is 5.75 Å². The molecule has 0 amide bonds. The highest BCUT2D eigenvalue weighted by atomic mass is 32.2. The van der Waals surface area contributed by atoms with Gasteiger partial charge in [0.25, 0.3) is 0 Å². The Morgan fingerprint density at radius 2 is 1.95 bits per heavy atom. The van der Waals surface area contributed by atoms with Crippen LogP contribution in [0.5, 0.6) is 5.75 Å². The van der Waals surface area contributed by atoms with Crippen LogP contribution < -0.4 is 9.46 Å². The number of halogens is 3. The average Bonchev–Trinajstić information content (AvgIpc) is 2.33. The Morgan fingerprint density at radius 1 is 1.25 bits per heavy atom. The number of nitrogens with one attached hydrogen (secondary N) is 1. The van der Waals surface area contributed by atoms with Gasteiger partial charge < -0.3 is 9.84 Å². The van der Waals surface area contributed by atoms with Gasteiger partial charge in [-0.1, -0.05) is 6.07 Å². The first-order valence-corrected chi connectivity index (χ1v) is 7.19. The maximum Gasteiger partial charge on any atom is 0.573 e. The summed E-state index contributed by atoms with van der Waals surface area (Å²) < 4.78 is 65.6. The van der Waals surface area contributed by atoms with Crippen LogP contribution in [0.25, 0.3) is 0 Å². The predicted octanol–water partition coefficient (Wildman–Crippen LogP) is 1.64. The second-order valence-corrected chi connectivity index (χ2v) is 5.62. The van der Waals surface area contributed by atoms with Crippen molar-refractivity contribution in [1.82, 2.24) is 4.72 Å². The Labute approximate surface area is 114 Å². The number of ether oxygens (including phenoxy) is 1. The van der Waals surface area contributed by atoms with Crippen LogP contribution in [0.1, 0.15) is 12.8 Å². The zero-order valence-corrected chi connectivity index (χ0v) is 11.2. The molecule has 0 aliphatic rings. The number of alkyl halides is 3. The van der Waals surface area contributed by atoms with E-state index >= 15 is 0 Å². The van der Waals surface area contributed by atoms with Gasteiger partial charge in [0.15, 0.2) is 0 Å². The second-order valence-electron chi connectivity index (χ2n) is 3.85. The van der Waals surface area contributed by atoms with Crippen LogP contribution in [0.3, 0.4) is 0 Å². The van der Waals surface area contributed by atoms with E-state index in [4.69, 9.17) is 5.11 Å². The molecule has 0 fully saturated rings. The van der Waals surface area contributed by atoms with E-state index in [0.717, 1.165) is 24.3 Å². The maximum absolute atomic E-state index is 12.0. The molecule has 0 saturated carbocycles. The highest BCUT2D eigenvalue weighted by Gasteiger charge is 2.31. The van der Waals surface area contributed by atoms with E-state index in [2.05, 4.69) is 9.46 Å². The van der Waals surface area contributed by atoms with E-state index in [1.807, 2.05) is 0 Å². The number of unbranched alkanes of at least 4 members (excludes halogenated alkanes) is 1. The molecule has 0 unspecified atom stereocenters. The van der Waals surface area contributed by atoms with Crippen molar-refractivity contribution in [2.75, 3.05) is 13.2 Å². The van der Waals surface area contributed by atoms with Crippen LogP contribution >= 0.6 is 0 Å². The fourth-order valence-corrected chi connectivity index (χ4v) is 2.47. The smallest absolute Gasteiger partial charge is 0.406 e. The summed E-state index contributed by atoms with van der Waals surface area (Å²) in [7, 11) is -3.90. The molecule has 1 rings (SSSR count). The molecule has 0 heterocycles. The fourth-order valence-electron chi connectivity index (χ4n) is 1.37. The van der Waals surface area contributed by atoms with Crippen molar-refractivity contribution >= 4 is 10.0 Å². The third-order valence-corrected chi connectivity index (χ3v) is 3.69. The molecule has 0 aliphatic carbocycles. The first-order valence-electron chi connectivity index (χ1n) is 5.71. The van der Waals surface area contributed by atoms with E-state index < -0.39 is 22.1 Å². The summed E-state index contributed by atoms with van der Waals surface area (Å²) in [6.07, 6.45) is -4.02. The molecule has 0 spiro atoms. The molecule has 20 heavy (non-hydrogen) atoms. The minimum atomic E-state index is -4.88. The van der Waals surface area contributed by atoms with Crippen LogP contribution in [0, 0.1) is 0 Å². The van der Waals surface area contributed by atoms with Crippen LogP contribution in [0.15, 0.2) is 29.2 Å². The third-order valence-electron chi connectivity index (χ3n) is 2.23. The predicted molar refractivity (Wildman–Crippen MR) is 64.6 cm³/mol. The number of aliphatic hydroxyl groups excluding tert-OH is 1. The van der Waals surface area contributed by atoms with E-state index in [-0.39, 0.29) is 18.0 Å². The number of benzene rings is 1. The first-order chi connectivity index (χ1) is 9.24. The summed E-state index contributed by atoms with van der Waals surface area (Å²) in [5.41, 5.74) is 0. The Kier molecular flexibility index (Phi) is 5.78. The molecule has 0 atom stereocenters. The molecule has 0 saturated heterocycles. The molecule has 0 bridgehead atoms. The van der Waals surface area contributed by atoms with Crippen molar-refractivity contribution in [3.63, 3.8) is 0 Å². The lowest BCUT2D eigenvalue weighted by Crippen LogP contribution is -2.25. The molecule has 0 aliphatic heterocycles. The van der Waals surface area contributed by atoms with E-state index in [9.17, 15) is 21.6 Å². The Morgan fingerprint density at radius 3 is 2.55 bits per heavy atom. The zero-order valence-electron chi connectivity index (χ0n) is 10.4. The van der Waals surface area contributed by atoms with Crippen molar-refractivity contribution in [1.29, 1.82) is 0 Å². The Balaban J connectivity index is 2.77. The quantitative estimate of drug-likeness (QED) is 0.750. The Bertz CT molecular complexity index is 531. The monoisotopic (exact) mass is 313 g/mol. The fraction of sp³-hybridized carbons (Fsp3) is 0.455. The standard InChI is InChI=1S/C11H14F3NO4S/c12-11(13,14)19-9-4-3-5-10(8-9)20(17,18)15-6-1-2-7-16/h3-5,8,15-16H,1-2,6-7H2. The van der Waals surface area contributed by atoms with Gasteiger partial charge in [-0.3, -0.25) is 0 Å². The lowest BCUT2D eigenvalue weighted by molar-refractivity contribution is -0.274. The van der Waals surface area contributed by atoms with Crippen molar-refractivity contribution in [2.45, 2.75) is 24.1 Å². The number of rotatable bonds is 7. The zero-order chi connectivity index (χ0) is 15.2. The SMILES string of the molecule is O=S(=O)(NCCCCO)c1cccc(OC(F)(F)F)c1. The molecular formula is C11H14F3NO4S. The number of aliphatic hydroxyl groups is 1. The molecule has 5 nitrogen and oxygen atoms in total. The molecule has 9 heteroatoms. The molecule has 1 aromatic rings. The Hall–Kier alpha value is -1.32. The normalized spacial score (nSPS) is 12.4. The van der Waals surface area contributed by atoms with Crippen molar-refractivity contribution < 1.29 is 31.4 Å². The number of hydrogen-bond acceptors (Lipinski definition) is 4. The summed E-state index contributed by atoms with van der Waals surface area (Å²) in [5.74, 6) is -0.601. The minimum Gasteiger partial charge on any atom is -0.406 e. The lowest BCUT2D eigenvalue weighted by Gasteiger charge is -2.11. The molecule has 1 aromatic carbocycles. The van der Waals surface area contributed by atoms with Gasteiger partial charge in [0.2, 0.25) is 10.0 Å². The van der Waals surface area contributed by atoms with Crippen LogP contribution in [0.2, 0.25) is 0 Å². The van der Waals surface area contributed by atoms with Gasteiger partial charge in [-0.25, -0.2) is 13.1 Å².